The summed E-state index contributed by atoms with van der Waals surface area (Å²) in [6.45, 7) is 0. The van der Waals surface area contributed by atoms with Gasteiger partial charge in [-0.05, 0) is 37.5 Å². The summed E-state index contributed by atoms with van der Waals surface area (Å²) in [4.78, 5) is 0. The van der Waals surface area contributed by atoms with E-state index in [0.29, 0.717) is 0 Å². The Bertz CT molecular complexity index is 456. The number of nitrogens with zero attached hydrogens (tertiary/aromatic N) is 1. The van der Waals surface area contributed by atoms with Crippen molar-refractivity contribution < 1.29 is 13.2 Å². The third kappa shape index (κ3) is 2.52. The Morgan fingerprint density at radius 3 is 2.47 bits per heavy atom. The van der Waals surface area contributed by atoms with Gasteiger partial charge in [0.1, 0.15) is 0 Å². The lowest BCUT2D eigenvalue weighted by Crippen LogP contribution is -2.28. The van der Waals surface area contributed by atoms with Crippen molar-refractivity contribution in [3.63, 3.8) is 0 Å². The summed E-state index contributed by atoms with van der Waals surface area (Å²) in [5.41, 5.74) is -0.666. The van der Waals surface area contributed by atoms with Gasteiger partial charge in [0.2, 0.25) is 0 Å². The first-order chi connectivity index (χ1) is 8.00. The summed E-state index contributed by atoms with van der Waals surface area (Å²) in [6, 6.07) is 5.47. The van der Waals surface area contributed by atoms with E-state index in [9.17, 15) is 13.2 Å². The second kappa shape index (κ2) is 4.28. The van der Waals surface area contributed by atoms with Crippen LogP contribution >= 0.6 is 0 Å². The van der Waals surface area contributed by atoms with Crippen LogP contribution in [-0.2, 0) is 6.18 Å². The van der Waals surface area contributed by atoms with Crippen LogP contribution in [0.4, 0.5) is 18.9 Å². The fraction of sp³-hybridized carbons (Fsp3) is 0.417. The average Bonchev–Trinajstić information content (AvgIpc) is 2.22. The van der Waals surface area contributed by atoms with Crippen molar-refractivity contribution in [2.24, 2.45) is 0 Å². The van der Waals surface area contributed by atoms with E-state index >= 15 is 0 Å². The summed E-state index contributed by atoms with van der Waals surface area (Å²) in [6.07, 6.45) is -1.58. The molecule has 0 radical (unpaired) electrons. The number of nitriles is 1. The van der Waals surface area contributed by atoms with Crippen molar-refractivity contribution in [3.8, 4) is 6.07 Å². The predicted octanol–water partition coefficient (Wildman–Crippen LogP) is 3.54. The van der Waals surface area contributed by atoms with Crippen LogP contribution in [0.25, 0.3) is 0 Å². The fourth-order valence-electron chi connectivity index (χ4n) is 1.75. The van der Waals surface area contributed by atoms with Gasteiger partial charge in [-0.25, -0.2) is 0 Å². The van der Waals surface area contributed by atoms with Crippen LogP contribution in [0.3, 0.4) is 0 Å². The monoisotopic (exact) mass is 240 g/mol. The third-order valence-corrected chi connectivity index (χ3v) is 2.92. The number of halogens is 3. The first-order valence-corrected chi connectivity index (χ1v) is 5.38. The maximum absolute atomic E-state index is 12.8. The van der Waals surface area contributed by atoms with E-state index in [1.54, 1.807) is 6.07 Å². The largest absolute Gasteiger partial charge is 0.418 e. The van der Waals surface area contributed by atoms with Gasteiger partial charge in [0, 0.05) is 11.7 Å². The highest BCUT2D eigenvalue weighted by Gasteiger charge is 2.34. The van der Waals surface area contributed by atoms with Crippen LogP contribution in [0.2, 0.25) is 0 Å². The summed E-state index contributed by atoms with van der Waals surface area (Å²) in [5.74, 6) is 0. The highest BCUT2D eigenvalue weighted by atomic mass is 19.4. The molecule has 0 amide bonds. The lowest BCUT2D eigenvalue weighted by atomic mass is 9.92. The van der Waals surface area contributed by atoms with E-state index in [1.165, 1.54) is 12.1 Å². The molecule has 1 saturated carbocycles. The molecule has 1 fully saturated rings. The van der Waals surface area contributed by atoms with Gasteiger partial charge in [-0.3, -0.25) is 0 Å². The van der Waals surface area contributed by atoms with Crippen LogP contribution in [0, 0.1) is 11.3 Å². The lowest BCUT2D eigenvalue weighted by molar-refractivity contribution is -0.137. The van der Waals surface area contributed by atoms with Gasteiger partial charge in [-0.15, -0.1) is 0 Å². The van der Waals surface area contributed by atoms with Gasteiger partial charge in [0.25, 0.3) is 0 Å². The molecule has 0 saturated heterocycles. The van der Waals surface area contributed by atoms with Gasteiger partial charge in [-0.2, -0.15) is 18.4 Å². The number of hydrogen-bond acceptors (Lipinski definition) is 2. The molecule has 0 spiro atoms. The second-order valence-electron chi connectivity index (χ2n) is 4.14. The Labute approximate surface area is 97.1 Å². The molecule has 2 rings (SSSR count). The first-order valence-electron chi connectivity index (χ1n) is 5.38. The maximum atomic E-state index is 12.8. The smallest absolute Gasteiger partial charge is 0.382 e. The van der Waals surface area contributed by atoms with Gasteiger partial charge >= 0.3 is 6.18 Å². The Morgan fingerprint density at radius 1 is 1.29 bits per heavy atom. The van der Waals surface area contributed by atoms with Gasteiger partial charge < -0.3 is 5.32 Å². The minimum Gasteiger partial charge on any atom is -0.382 e. The Balaban J connectivity index is 2.33. The molecule has 1 N–H and O–H groups in total. The molecule has 0 bridgehead atoms. The van der Waals surface area contributed by atoms with Crippen LogP contribution in [0.1, 0.15) is 30.4 Å². The Hall–Kier alpha value is -1.70. The minimum atomic E-state index is -4.43. The van der Waals surface area contributed by atoms with Gasteiger partial charge in [-0.1, -0.05) is 0 Å². The van der Waals surface area contributed by atoms with Gasteiger partial charge in [0.05, 0.1) is 17.2 Å². The maximum Gasteiger partial charge on any atom is 0.418 e. The van der Waals surface area contributed by atoms with Crippen molar-refractivity contribution >= 4 is 5.69 Å². The summed E-state index contributed by atoms with van der Waals surface area (Å²) >= 11 is 0. The third-order valence-electron chi connectivity index (χ3n) is 2.92. The average molecular weight is 240 g/mol. The summed E-state index contributed by atoms with van der Waals surface area (Å²) in [7, 11) is 0. The second-order valence-corrected chi connectivity index (χ2v) is 4.14. The van der Waals surface area contributed by atoms with Crippen molar-refractivity contribution in [1.29, 1.82) is 5.26 Å². The first kappa shape index (κ1) is 11.8. The molecule has 1 aromatic rings. The van der Waals surface area contributed by atoms with E-state index in [2.05, 4.69) is 5.32 Å². The predicted molar refractivity (Wildman–Crippen MR) is 57.4 cm³/mol. The zero-order valence-corrected chi connectivity index (χ0v) is 9.01. The van der Waals surface area contributed by atoms with Crippen molar-refractivity contribution in [1.82, 2.24) is 0 Å². The summed E-state index contributed by atoms with van der Waals surface area (Å²) < 4.78 is 38.4. The topological polar surface area (TPSA) is 35.8 Å². The Morgan fingerprint density at radius 2 is 2.00 bits per heavy atom. The van der Waals surface area contributed by atoms with E-state index < -0.39 is 11.7 Å². The standard InChI is InChI=1S/C12H11F3N2/c13-12(14,15)10-6-8(7-16)4-5-11(10)17-9-2-1-3-9/h4-6,9,17H,1-3H2. The molecule has 0 aromatic heterocycles. The van der Waals surface area contributed by atoms with E-state index in [-0.39, 0.29) is 17.3 Å². The Kier molecular flexibility index (Phi) is 2.97. The molecule has 0 atom stereocenters. The molecule has 0 aliphatic heterocycles. The molecule has 90 valence electrons. The van der Waals surface area contributed by atoms with Crippen LogP contribution in [0.15, 0.2) is 18.2 Å². The number of nitrogens with one attached hydrogen (secondary N) is 1. The molecule has 0 unspecified atom stereocenters. The molecule has 0 heterocycles. The van der Waals surface area contributed by atoms with Crippen molar-refractivity contribution in [2.75, 3.05) is 5.32 Å². The fourth-order valence-corrected chi connectivity index (χ4v) is 1.75. The van der Waals surface area contributed by atoms with E-state index in [1.807, 2.05) is 0 Å². The van der Waals surface area contributed by atoms with Crippen LogP contribution in [0.5, 0.6) is 0 Å². The van der Waals surface area contributed by atoms with E-state index in [4.69, 9.17) is 5.26 Å². The number of alkyl halides is 3. The minimum absolute atomic E-state index is 0.0245. The number of anilines is 1. The van der Waals surface area contributed by atoms with Crippen molar-refractivity contribution in [3.05, 3.63) is 29.3 Å². The molecule has 1 aliphatic carbocycles. The lowest BCUT2D eigenvalue weighted by Gasteiger charge is -2.29. The zero-order valence-electron chi connectivity index (χ0n) is 9.01. The number of hydrogen-bond donors (Lipinski definition) is 1. The summed E-state index contributed by atoms with van der Waals surface area (Å²) in [5, 5.41) is 11.5. The molecule has 2 nitrogen and oxygen atoms in total. The zero-order chi connectivity index (χ0) is 12.5. The molecule has 1 aliphatic rings. The quantitative estimate of drug-likeness (QED) is 0.858. The SMILES string of the molecule is N#Cc1ccc(NC2CCC2)c(C(F)(F)F)c1. The van der Waals surface area contributed by atoms with E-state index in [0.717, 1.165) is 25.3 Å². The molecule has 5 heteroatoms. The van der Waals surface area contributed by atoms with Crippen LogP contribution < -0.4 is 5.32 Å². The highest BCUT2D eigenvalue weighted by Crippen LogP contribution is 2.37. The molecular weight excluding hydrogens is 229 g/mol. The van der Waals surface area contributed by atoms with Gasteiger partial charge in [0.15, 0.2) is 0 Å². The number of benzene rings is 1. The number of rotatable bonds is 2. The molecular formula is C12H11F3N2. The van der Waals surface area contributed by atoms with Crippen molar-refractivity contribution in [2.45, 2.75) is 31.5 Å². The normalized spacial score (nSPS) is 16.1. The molecule has 1 aromatic carbocycles. The van der Waals surface area contributed by atoms with Crippen LogP contribution in [-0.4, -0.2) is 6.04 Å². The highest BCUT2D eigenvalue weighted by molar-refractivity contribution is 5.56. The molecule has 17 heavy (non-hydrogen) atoms.